The first kappa shape index (κ1) is 19.9. The number of rotatable bonds is 2. The number of hydrogen-bond acceptors (Lipinski definition) is 0. The zero-order valence-corrected chi connectivity index (χ0v) is 18.4. The van der Waals surface area contributed by atoms with Gasteiger partial charge in [-0.1, -0.05) is 81.1 Å². The summed E-state index contributed by atoms with van der Waals surface area (Å²) in [5.41, 5.74) is 5.33. The van der Waals surface area contributed by atoms with Gasteiger partial charge in [0.1, 0.15) is 0 Å². The van der Waals surface area contributed by atoms with Gasteiger partial charge in [-0.25, -0.2) is 0 Å². The van der Waals surface area contributed by atoms with Crippen LogP contribution in [0.4, 0.5) is 0 Å². The van der Waals surface area contributed by atoms with Gasteiger partial charge in [0.2, 0.25) is 0 Å². The summed E-state index contributed by atoms with van der Waals surface area (Å²) >= 11 is 0. The van der Waals surface area contributed by atoms with Gasteiger partial charge in [-0.15, -0.1) is 0 Å². The van der Waals surface area contributed by atoms with Gasteiger partial charge in [-0.2, -0.15) is 0 Å². The Balaban J connectivity index is 1.21. The summed E-state index contributed by atoms with van der Waals surface area (Å²) in [6.07, 6.45) is 17.1. The third-order valence-electron chi connectivity index (χ3n) is 8.26. The van der Waals surface area contributed by atoms with Crippen LogP contribution >= 0.6 is 0 Å². The van der Waals surface area contributed by atoms with E-state index in [0.29, 0.717) is 0 Å². The Morgan fingerprint density at radius 2 is 1.00 bits per heavy atom. The van der Waals surface area contributed by atoms with Crippen LogP contribution < -0.4 is 0 Å². The molecule has 0 spiro atoms. The minimum absolute atomic E-state index is 0.775. The lowest BCUT2D eigenvalue weighted by Gasteiger charge is -2.39. The highest BCUT2D eigenvalue weighted by molar-refractivity contribution is 5.44. The molecule has 0 heterocycles. The summed E-state index contributed by atoms with van der Waals surface area (Å²) in [5.74, 6) is 10.3. The second-order valence-electron chi connectivity index (χ2n) is 10.1. The van der Waals surface area contributed by atoms with E-state index in [0.717, 1.165) is 34.8 Å². The van der Waals surface area contributed by atoms with E-state index in [1.54, 1.807) is 5.56 Å². The summed E-state index contributed by atoms with van der Waals surface area (Å²) in [6, 6.07) is 18.2. The quantitative estimate of drug-likeness (QED) is 0.449. The van der Waals surface area contributed by atoms with E-state index in [4.69, 9.17) is 0 Å². The van der Waals surface area contributed by atoms with Crippen LogP contribution in [0.5, 0.6) is 0 Å². The maximum absolute atomic E-state index is 3.39. The average molecular weight is 397 g/mol. The molecule has 156 valence electrons. The molecule has 2 aromatic rings. The van der Waals surface area contributed by atoms with Crippen LogP contribution in [0.1, 0.15) is 111 Å². The smallest absolute Gasteiger partial charge is 0.0249 e. The maximum Gasteiger partial charge on any atom is 0.0249 e. The number of fused-ring (bicyclic) bond motifs is 1. The van der Waals surface area contributed by atoms with Crippen molar-refractivity contribution in [1.29, 1.82) is 0 Å². The standard InChI is InChI=1S/C30H36/c1-2-6-25(7-3-1)27-16-12-23(13-17-27)10-11-24-14-18-28(19-15-24)30-21-20-26-8-4-5-9-29(26)22-30/h12-19,25-26,29-30H,1-9,20-22H2. The molecular formula is C30H36. The van der Waals surface area contributed by atoms with Crippen molar-refractivity contribution in [2.75, 3.05) is 0 Å². The van der Waals surface area contributed by atoms with E-state index >= 15 is 0 Å². The third-order valence-corrected chi connectivity index (χ3v) is 8.26. The Kier molecular flexibility index (Phi) is 6.26. The lowest BCUT2D eigenvalue weighted by molar-refractivity contribution is 0.155. The molecule has 30 heavy (non-hydrogen) atoms. The molecule has 0 bridgehead atoms. The Hall–Kier alpha value is -2.00. The van der Waals surface area contributed by atoms with Crippen LogP contribution in [0.15, 0.2) is 48.5 Å². The van der Waals surface area contributed by atoms with Crippen LogP contribution in [0.25, 0.3) is 0 Å². The molecular weight excluding hydrogens is 360 g/mol. The largest absolute Gasteiger partial charge is 0.0617 e. The monoisotopic (exact) mass is 396 g/mol. The molecule has 0 aromatic heterocycles. The van der Waals surface area contributed by atoms with Gasteiger partial charge in [0.25, 0.3) is 0 Å². The van der Waals surface area contributed by atoms with Crippen LogP contribution in [0, 0.1) is 23.7 Å². The van der Waals surface area contributed by atoms with Crippen molar-refractivity contribution in [3.63, 3.8) is 0 Å². The molecule has 0 heteroatoms. The first-order chi connectivity index (χ1) is 14.8. The lowest BCUT2D eigenvalue weighted by atomic mass is 9.66. The normalized spacial score (nSPS) is 27.0. The van der Waals surface area contributed by atoms with Crippen LogP contribution in [-0.2, 0) is 0 Å². The predicted molar refractivity (Wildman–Crippen MR) is 127 cm³/mol. The number of benzene rings is 2. The molecule has 0 amide bonds. The Morgan fingerprint density at radius 3 is 1.63 bits per heavy atom. The first-order valence-corrected chi connectivity index (χ1v) is 12.6. The van der Waals surface area contributed by atoms with E-state index in [1.807, 2.05) is 0 Å². The highest BCUT2D eigenvalue weighted by Gasteiger charge is 2.32. The summed E-state index contributed by atoms with van der Waals surface area (Å²) in [6.45, 7) is 0. The molecule has 0 N–H and O–H groups in total. The molecule has 0 saturated heterocycles. The Labute approximate surface area is 183 Å². The van der Waals surface area contributed by atoms with Crippen LogP contribution in [-0.4, -0.2) is 0 Å². The highest BCUT2D eigenvalue weighted by Crippen LogP contribution is 2.46. The number of hydrogen-bond donors (Lipinski definition) is 0. The van der Waals surface area contributed by atoms with E-state index in [2.05, 4.69) is 60.4 Å². The molecule has 5 rings (SSSR count). The van der Waals surface area contributed by atoms with Gasteiger partial charge >= 0.3 is 0 Å². The molecule has 3 atom stereocenters. The minimum Gasteiger partial charge on any atom is -0.0617 e. The average Bonchev–Trinajstić information content (AvgIpc) is 2.84. The fourth-order valence-electron chi connectivity index (χ4n) is 6.43. The van der Waals surface area contributed by atoms with Gasteiger partial charge in [-0.05, 0) is 91.2 Å². The molecule has 0 aliphatic heterocycles. The molecule has 3 saturated carbocycles. The zero-order chi connectivity index (χ0) is 20.2. The second kappa shape index (κ2) is 9.43. The van der Waals surface area contributed by atoms with Crippen molar-refractivity contribution in [2.45, 2.75) is 88.9 Å². The van der Waals surface area contributed by atoms with Crippen molar-refractivity contribution in [2.24, 2.45) is 11.8 Å². The van der Waals surface area contributed by atoms with Crippen molar-refractivity contribution in [1.82, 2.24) is 0 Å². The highest BCUT2D eigenvalue weighted by atomic mass is 14.4. The van der Waals surface area contributed by atoms with Crippen LogP contribution in [0.3, 0.4) is 0 Å². The summed E-state index contributed by atoms with van der Waals surface area (Å²) in [7, 11) is 0. The predicted octanol–water partition coefficient (Wildman–Crippen LogP) is 8.21. The van der Waals surface area contributed by atoms with Gasteiger partial charge < -0.3 is 0 Å². The fourth-order valence-corrected chi connectivity index (χ4v) is 6.43. The molecule has 3 fully saturated rings. The Bertz CT molecular complexity index is 870. The summed E-state index contributed by atoms with van der Waals surface area (Å²) < 4.78 is 0. The second-order valence-corrected chi connectivity index (χ2v) is 10.1. The van der Waals surface area contributed by atoms with Crippen molar-refractivity contribution < 1.29 is 0 Å². The van der Waals surface area contributed by atoms with Crippen molar-refractivity contribution in [3.05, 3.63) is 70.8 Å². The van der Waals surface area contributed by atoms with E-state index in [9.17, 15) is 0 Å². The fraction of sp³-hybridized carbons (Fsp3) is 0.533. The van der Waals surface area contributed by atoms with Crippen molar-refractivity contribution >= 4 is 0 Å². The Morgan fingerprint density at radius 1 is 0.467 bits per heavy atom. The molecule has 3 aliphatic carbocycles. The molecule has 0 radical (unpaired) electrons. The van der Waals surface area contributed by atoms with Gasteiger partial charge in [0.05, 0.1) is 0 Å². The third kappa shape index (κ3) is 4.67. The SMILES string of the molecule is C(#Cc1ccc(C2CCC3CCCCC3C2)cc1)c1ccc(C2CCCCC2)cc1. The minimum atomic E-state index is 0.775. The van der Waals surface area contributed by atoms with Gasteiger partial charge in [-0.3, -0.25) is 0 Å². The molecule has 2 aromatic carbocycles. The topological polar surface area (TPSA) is 0 Å². The van der Waals surface area contributed by atoms with Crippen LogP contribution in [0.2, 0.25) is 0 Å². The molecule has 3 aliphatic rings. The van der Waals surface area contributed by atoms with E-state index in [1.165, 1.54) is 82.6 Å². The zero-order valence-electron chi connectivity index (χ0n) is 18.4. The molecule has 3 unspecified atom stereocenters. The van der Waals surface area contributed by atoms with E-state index in [-0.39, 0.29) is 0 Å². The van der Waals surface area contributed by atoms with E-state index < -0.39 is 0 Å². The first-order valence-electron chi connectivity index (χ1n) is 12.6. The summed E-state index contributed by atoms with van der Waals surface area (Å²) in [5, 5.41) is 0. The van der Waals surface area contributed by atoms with Gasteiger partial charge in [0.15, 0.2) is 0 Å². The van der Waals surface area contributed by atoms with Gasteiger partial charge in [0, 0.05) is 11.1 Å². The lowest BCUT2D eigenvalue weighted by Crippen LogP contribution is -2.26. The van der Waals surface area contributed by atoms with Crippen molar-refractivity contribution in [3.8, 4) is 11.8 Å². The summed E-state index contributed by atoms with van der Waals surface area (Å²) in [4.78, 5) is 0. The molecule has 0 nitrogen and oxygen atoms in total. The maximum atomic E-state index is 3.39.